The minimum atomic E-state index is -1.16. The fourth-order valence-corrected chi connectivity index (χ4v) is 5.06. The normalized spacial score (nSPS) is 43.8. The molecule has 0 heterocycles. The van der Waals surface area contributed by atoms with Gasteiger partial charge in [-0.05, 0) is 30.6 Å². The molecule has 7 unspecified atom stereocenters. The maximum absolute atomic E-state index is 12.4. The summed E-state index contributed by atoms with van der Waals surface area (Å²) in [4.78, 5) is 45.9. The van der Waals surface area contributed by atoms with Gasteiger partial charge in [-0.15, -0.1) is 0 Å². The molecule has 3 aliphatic rings. The van der Waals surface area contributed by atoms with E-state index in [2.05, 4.69) is 0 Å². The van der Waals surface area contributed by atoms with Crippen molar-refractivity contribution in [2.45, 2.75) is 19.3 Å². The second-order valence-corrected chi connectivity index (χ2v) is 6.41. The van der Waals surface area contributed by atoms with Crippen molar-refractivity contribution in [1.29, 1.82) is 0 Å². The molecular weight excluding hydrogens is 280 g/mol. The van der Waals surface area contributed by atoms with Crippen LogP contribution in [-0.2, 0) is 19.2 Å². The quantitative estimate of drug-likeness (QED) is 0.681. The number of carboxylic acids is 3. The summed E-state index contributed by atoms with van der Waals surface area (Å²) in [5, 5.41) is 27.5. The number of ketones is 1. The van der Waals surface area contributed by atoms with E-state index in [4.69, 9.17) is 5.11 Å². The number of fused-ring (bicyclic) bond motifs is 5. The summed E-state index contributed by atoms with van der Waals surface area (Å²) in [6.45, 7) is 0. The van der Waals surface area contributed by atoms with Crippen molar-refractivity contribution >= 4 is 23.7 Å². The highest BCUT2D eigenvalue weighted by Crippen LogP contribution is 2.63. The standard InChI is InChI=1S/C14H16O7/c15-8(16)2-4-1-5-6-3-7(9(5)12(4)17)11(14(20)21)10(6)13(18)19/h4-7,9-11H,1-3H2,(H,15,16)(H,18,19)(H,20,21). The predicted octanol–water partition coefficient (Wildman–Crippen LogP) is 0.334. The first-order valence-electron chi connectivity index (χ1n) is 7.04. The first-order valence-corrected chi connectivity index (χ1v) is 7.04. The highest BCUT2D eigenvalue weighted by molar-refractivity contribution is 5.92. The minimum Gasteiger partial charge on any atom is -0.481 e. The molecule has 0 aromatic heterocycles. The van der Waals surface area contributed by atoms with Gasteiger partial charge in [0, 0.05) is 11.8 Å². The Labute approximate surface area is 119 Å². The number of Topliss-reactive ketones (excluding diaryl/α,β-unsaturated/α-hetero) is 1. The summed E-state index contributed by atoms with van der Waals surface area (Å²) in [5.41, 5.74) is 0. The van der Waals surface area contributed by atoms with Gasteiger partial charge in [-0.25, -0.2) is 0 Å². The smallest absolute Gasteiger partial charge is 0.307 e. The molecular formula is C14H16O7. The lowest BCUT2D eigenvalue weighted by Crippen LogP contribution is -2.42. The number of carbonyl (C=O) groups is 4. The van der Waals surface area contributed by atoms with Crippen LogP contribution in [0.1, 0.15) is 19.3 Å². The van der Waals surface area contributed by atoms with Crippen molar-refractivity contribution in [2.24, 2.45) is 41.4 Å². The Hall–Kier alpha value is -1.92. The van der Waals surface area contributed by atoms with Crippen molar-refractivity contribution in [2.75, 3.05) is 0 Å². The molecule has 114 valence electrons. The Bertz CT molecular complexity index is 539. The molecule has 3 saturated carbocycles. The Morgan fingerprint density at radius 3 is 2.00 bits per heavy atom. The van der Waals surface area contributed by atoms with Gasteiger partial charge in [0.1, 0.15) is 5.78 Å². The third-order valence-electron chi connectivity index (χ3n) is 5.61. The SMILES string of the molecule is O=C(O)CC1CC2C3CC(C2C1=O)C(C(=O)O)C3C(=O)O. The number of carboxylic acid groups (broad SMARTS) is 3. The van der Waals surface area contributed by atoms with Crippen LogP contribution in [0.3, 0.4) is 0 Å². The zero-order chi connectivity index (χ0) is 15.5. The second kappa shape index (κ2) is 4.54. The number of hydrogen-bond donors (Lipinski definition) is 3. The third-order valence-corrected chi connectivity index (χ3v) is 5.61. The molecule has 0 saturated heterocycles. The molecule has 21 heavy (non-hydrogen) atoms. The summed E-state index contributed by atoms with van der Waals surface area (Å²) in [5.74, 6) is -7.48. The lowest BCUT2D eigenvalue weighted by molar-refractivity contribution is -0.159. The maximum atomic E-state index is 12.4. The number of rotatable bonds is 4. The van der Waals surface area contributed by atoms with Crippen molar-refractivity contribution < 1.29 is 34.5 Å². The van der Waals surface area contributed by atoms with Gasteiger partial charge in [0.05, 0.1) is 18.3 Å². The van der Waals surface area contributed by atoms with Crippen LogP contribution < -0.4 is 0 Å². The van der Waals surface area contributed by atoms with Crippen molar-refractivity contribution in [1.82, 2.24) is 0 Å². The molecule has 7 heteroatoms. The van der Waals surface area contributed by atoms with Crippen molar-refractivity contribution in [3.8, 4) is 0 Å². The summed E-state index contributed by atoms with van der Waals surface area (Å²) in [7, 11) is 0. The van der Waals surface area contributed by atoms with E-state index in [-0.39, 0.29) is 24.0 Å². The Kier molecular flexibility index (Phi) is 3.04. The first-order chi connectivity index (χ1) is 9.82. The largest absolute Gasteiger partial charge is 0.481 e. The monoisotopic (exact) mass is 296 g/mol. The molecule has 0 aromatic rings. The highest BCUT2D eigenvalue weighted by Gasteiger charge is 2.67. The van der Waals surface area contributed by atoms with Gasteiger partial charge in [0.25, 0.3) is 0 Å². The lowest BCUT2D eigenvalue weighted by Gasteiger charge is -2.32. The van der Waals surface area contributed by atoms with Gasteiger partial charge in [-0.1, -0.05) is 0 Å². The number of hydrogen-bond acceptors (Lipinski definition) is 4. The zero-order valence-electron chi connectivity index (χ0n) is 11.1. The molecule has 7 atom stereocenters. The third kappa shape index (κ3) is 1.86. The van der Waals surface area contributed by atoms with Crippen molar-refractivity contribution in [3.05, 3.63) is 0 Å². The van der Waals surface area contributed by atoms with E-state index in [1.165, 1.54) is 0 Å². The van der Waals surface area contributed by atoms with E-state index in [0.29, 0.717) is 12.8 Å². The maximum Gasteiger partial charge on any atom is 0.307 e. The molecule has 3 fully saturated rings. The van der Waals surface area contributed by atoms with Crippen LogP contribution in [0.5, 0.6) is 0 Å². The van der Waals surface area contributed by atoms with Gasteiger partial charge >= 0.3 is 17.9 Å². The molecule has 3 aliphatic carbocycles. The second-order valence-electron chi connectivity index (χ2n) is 6.41. The van der Waals surface area contributed by atoms with Gasteiger partial charge in [-0.3, -0.25) is 19.2 Å². The fraction of sp³-hybridized carbons (Fsp3) is 0.714. The minimum absolute atomic E-state index is 0.163. The van der Waals surface area contributed by atoms with Crippen LogP contribution in [0.2, 0.25) is 0 Å². The van der Waals surface area contributed by atoms with Crippen LogP contribution in [0, 0.1) is 41.4 Å². The predicted molar refractivity (Wildman–Crippen MR) is 66.2 cm³/mol. The van der Waals surface area contributed by atoms with E-state index in [1.54, 1.807) is 0 Å². The van der Waals surface area contributed by atoms with Crippen LogP contribution in [0.25, 0.3) is 0 Å². The van der Waals surface area contributed by atoms with Crippen LogP contribution in [0.15, 0.2) is 0 Å². The molecule has 0 amide bonds. The summed E-state index contributed by atoms with van der Waals surface area (Å²) >= 11 is 0. The Morgan fingerprint density at radius 2 is 1.48 bits per heavy atom. The Morgan fingerprint density at radius 1 is 0.905 bits per heavy atom. The van der Waals surface area contributed by atoms with Crippen LogP contribution in [0.4, 0.5) is 0 Å². The zero-order valence-corrected chi connectivity index (χ0v) is 11.1. The van der Waals surface area contributed by atoms with Crippen molar-refractivity contribution in [3.63, 3.8) is 0 Å². The van der Waals surface area contributed by atoms with E-state index in [9.17, 15) is 29.4 Å². The van der Waals surface area contributed by atoms with Gasteiger partial charge in [0.15, 0.2) is 0 Å². The molecule has 0 aliphatic heterocycles. The van der Waals surface area contributed by atoms with Crippen LogP contribution >= 0.6 is 0 Å². The van der Waals surface area contributed by atoms with E-state index >= 15 is 0 Å². The molecule has 7 nitrogen and oxygen atoms in total. The number of carbonyl (C=O) groups excluding carboxylic acids is 1. The fourth-order valence-electron chi connectivity index (χ4n) is 5.06. The molecule has 0 aromatic carbocycles. The molecule has 0 radical (unpaired) electrons. The molecule has 3 N–H and O–H groups in total. The number of aliphatic carboxylic acids is 3. The average Bonchev–Trinajstić information content (AvgIpc) is 2.99. The summed E-state index contributed by atoms with van der Waals surface area (Å²) in [6, 6.07) is 0. The van der Waals surface area contributed by atoms with Gasteiger partial charge in [-0.2, -0.15) is 0 Å². The highest BCUT2D eigenvalue weighted by atomic mass is 16.4. The first kappa shape index (κ1) is 14.0. The summed E-state index contributed by atoms with van der Waals surface area (Å²) < 4.78 is 0. The Balaban J connectivity index is 1.90. The van der Waals surface area contributed by atoms with Gasteiger partial charge in [0.2, 0.25) is 0 Å². The van der Waals surface area contributed by atoms with E-state index in [0.717, 1.165) is 0 Å². The average molecular weight is 296 g/mol. The molecule has 0 spiro atoms. The van der Waals surface area contributed by atoms with Gasteiger partial charge < -0.3 is 15.3 Å². The summed E-state index contributed by atoms with van der Waals surface area (Å²) in [6.07, 6.45) is 0.586. The molecule has 2 bridgehead atoms. The topological polar surface area (TPSA) is 129 Å². The van der Waals surface area contributed by atoms with E-state index < -0.39 is 47.5 Å². The van der Waals surface area contributed by atoms with Crippen LogP contribution in [-0.4, -0.2) is 39.0 Å². The van der Waals surface area contributed by atoms with E-state index in [1.807, 2.05) is 0 Å². The lowest BCUT2D eigenvalue weighted by atomic mass is 9.69. The molecule has 3 rings (SSSR count).